The van der Waals surface area contributed by atoms with Crippen LogP contribution in [0, 0.1) is 5.82 Å². The normalized spacial score (nSPS) is 19.1. The zero-order chi connectivity index (χ0) is 10.2. The van der Waals surface area contributed by atoms with Crippen molar-refractivity contribution < 1.29 is 9.50 Å². The largest absolute Gasteiger partial charge is 0.395 e. The van der Waals surface area contributed by atoms with Crippen LogP contribution in [0.1, 0.15) is 24.8 Å². The molecule has 0 aliphatic heterocycles. The number of rotatable bonds is 2. The topological polar surface area (TPSA) is 20.2 Å². The van der Waals surface area contributed by atoms with E-state index in [4.69, 9.17) is 0 Å². The third kappa shape index (κ3) is 1.59. The molecule has 0 aromatic heterocycles. The molecule has 1 nitrogen and oxygen atoms in total. The fourth-order valence-corrected chi connectivity index (χ4v) is 2.47. The van der Waals surface area contributed by atoms with Crippen molar-refractivity contribution in [2.45, 2.75) is 24.7 Å². The molecule has 0 bridgehead atoms. The molecular formula is C11H12BrFO. The first-order chi connectivity index (χ1) is 6.66. The summed E-state index contributed by atoms with van der Waals surface area (Å²) in [5.41, 5.74) is 0.739. The number of hydrogen-bond donors (Lipinski definition) is 1. The predicted molar refractivity (Wildman–Crippen MR) is 56.7 cm³/mol. The summed E-state index contributed by atoms with van der Waals surface area (Å²) >= 11 is 3.27. The Balaban J connectivity index is 2.39. The lowest BCUT2D eigenvalue weighted by molar-refractivity contribution is 0.120. The summed E-state index contributed by atoms with van der Waals surface area (Å²) in [5.74, 6) is -0.242. The molecule has 1 aromatic rings. The highest BCUT2D eigenvalue weighted by atomic mass is 79.9. The van der Waals surface area contributed by atoms with Crippen LogP contribution in [-0.2, 0) is 5.41 Å². The molecule has 0 atom stereocenters. The van der Waals surface area contributed by atoms with E-state index >= 15 is 0 Å². The molecule has 0 amide bonds. The lowest BCUT2D eigenvalue weighted by Crippen LogP contribution is -2.37. The SMILES string of the molecule is OCC1(c2cc(F)cc(Br)c2)CCC1. The highest BCUT2D eigenvalue weighted by molar-refractivity contribution is 9.10. The molecule has 0 heterocycles. The molecule has 1 aliphatic rings. The Labute approximate surface area is 91.1 Å². The molecule has 14 heavy (non-hydrogen) atoms. The van der Waals surface area contributed by atoms with E-state index in [-0.39, 0.29) is 17.8 Å². The second kappa shape index (κ2) is 3.63. The first kappa shape index (κ1) is 10.1. The Kier molecular flexibility index (Phi) is 2.62. The number of aliphatic hydroxyl groups excluding tert-OH is 1. The first-order valence-corrected chi connectivity index (χ1v) is 5.53. The molecule has 0 unspecified atom stereocenters. The van der Waals surface area contributed by atoms with Gasteiger partial charge in [-0.1, -0.05) is 22.4 Å². The fraction of sp³-hybridized carbons (Fsp3) is 0.455. The van der Waals surface area contributed by atoms with Gasteiger partial charge in [0.15, 0.2) is 0 Å². The van der Waals surface area contributed by atoms with Crippen molar-refractivity contribution in [3.05, 3.63) is 34.1 Å². The molecule has 0 saturated heterocycles. The van der Waals surface area contributed by atoms with Crippen LogP contribution in [-0.4, -0.2) is 11.7 Å². The number of aliphatic hydroxyl groups is 1. The lowest BCUT2D eigenvalue weighted by Gasteiger charge is -2.41. The Hall–Kier alpha value is -0.410. The number of hydrogen-bond acceptors (Lipinski definition) is 1. The van der Waals surface area contributed by atoms with Gasteiger partial charge < -0.3 is 5.11 Å². The fourth-order valence-electron chi connectivity index (χ4n) is 2.00. The van der Waals surface area contributed by atoms with Crippen LogP contribution in [0.15, 0.2) is 22.7 Å². The van der Waals surface area contributed by atoms with Crippen LogP contribution in [0.2, 0.25) is 0 Å². The van der Waals surface area contributed by atoms with Crippen LogP contribution in [0.4, 0.5) is 4.39 Å². The second-order valence-corrected chi connectivity index (χ2v) is 4.87. The third-order valence-corrected chi connectivity index (χ3v) is 3.55. The summed E-state index contributed by atoms with van der Waals surface area (Å²) in [6.45, 7) is 0.114. The molecule has 1 aromatic carbocycles. The van der Waals surface area contributed by atoms with Crippen molar-refractivity contribution in [1.29, 1.82) is 0 Å². The highest BCUT2D eigenvalue weighted by Gasteiger charge is 2.38. The maximum atomic E-state index is 13.1. The lowest BCUT2D eigenvalue weighted by atomic mass is 9.65. The van der Waals surface area contributed by atoms with E-state index in [2.05, 4.69) is 15.9 Å². The van der Waals surface area contributed by atoms with Crippen molar-refractivity contribution in [3.8, 4) is 0 Å². The molecule has 0 spiro atoms. The minimum atomic E-state index is -0.242. The van der Waals surface area contributed by atoms with E-state index in [0.29, 0.717) is 0 Å². The zero-order valence-electron chi connectivity index (χ0n) is 7.76. The average molecular weight is 259 g/mol. The van der Waals surface area contributed by atoms with Gasteiger partial charge in [0.2, 0.25) is 0 Å². The number of halogens is 2. The quantitative estimate of drug-likeness (QED) is 0.865. The number of benzene rings is 1. The molecule has 76 valence electrons. The van der Waals surface area contributed by atoms with Crippen LogP contribution < -0.4 is 0 Å². The van der Waals surface area contributed by atoms with Crippen LogP contribution in [0.5, 0.6) is 0 Å². The first-order valence-electron chi connectivity index (χ1n) is 4.74. The van der Waals surface area contributed by atoms with Crippen molar-refractivity contribution in [2.24, 2.45) is 0 Å². The summed E-state index contributed by atoms with van der Waals surface area (Å²) < 4.78 is 13.9. The third-order valence-electron chi connectivity index (χ3n) is 3.09. The van der Waals surface area contributed by atoms with Crippen LogP contribution in [0.25, 0.3) is 0 Å². The van der Waals surface area contributed by atoms with Crippen molar-refractivity contribution in [3.63, 3.8) is 0 Å². The van der Waals surface area contributed by atoms with Gasteiger partial charge in [-0.05, 0) is 36.6 Å². The smallest absolute Gasteiger partial charge is 0.124 e. The molecular weight excluding hydrogens is 247 g/mol. The molecule has 1 saturated carbocycles. The van der Waals surface area contributed by atoms with E-state index in [1.807, 2.05) is 6.07 Å². The molecule has 1 fully saturated rings. The van der Waals surface area contributed by atoms with Gasteiger partial charge in [-0.2, -0.15) is 0 Å². The molecule has 1 aliphatic carbocycles. The van der Waals surface area contributed by atoms with Gasteiger partial charge in [-0.25, -0.2) is 4.39 Å². The van der Waals surface area contributed by atoms with E-state index in [0.717, 1.165) is 29.3 Å². The van der Waals surface area contributed by atoms with Gasteiger partial charge in [0.1, 0.15) is 5.82 Å². The summed E-state index contributed by atoms with van der Waals surface area (Å²) in [4.78, 5) is 0. The standard InChI is InChI=1S/C11H12BrFO/c12-9-4-8(5-10(13)6-9)11(7-14)2-1-3-11/h4-6,14H,1-3,7H2. The Bertz CT molecular complexity index is 321. The summed E-state index contributed by atoms with van der Waals surface area (Å²) in [6, 6.07) is 4.87. The average Bonchev–Trinajstić information content (AvgIpc) is 2.01. The van der Waals surface area contributed by atoms with Gasteiger partial charge in [0.25, 0.3) is 0 Å². The van der Waals surface area contributed by atoms with Gasteiger partial charge in [0.05, 0.1) is 6.61 Å². The summed E-state index contributed by atoms with van der Waals surface area (Å²) in [5, 5.41) is 9.33. The van der Waals surface area contributed by atoms with Crippen LogP contribution >= 0.6 is 15.9 Å². The maximum absolute atomic E-state index is 13.1. The summed E-state index contributed by atoms with van der Waals surface area (Å²) in [6.07, 6.45) is 3.04. The minimum absolute atomic E-state index is 0.114. The minimum Gasteiger partial charge on any atom is -0.395 e. The van der Waals surface area contributed by atoms with Crippen LogP contribution in [0.3, 0.4) is 0 Å². The molecule has 3 heteroatoms. The maximum Gasteiger partial charge on any atom is 0.124 e. The van der Waals surface area contributed by atoms with E-state index in [1.54, 1.807) is 0 Å². The Morgan fingerprint density at radius 3 is 2.50 bits per heavy atom. The second-order valence-electron chi connectivity index (χ2n) is 3.95. The molecule has 2 rings (SSSR count). The van der Waals surface area contributed by atoms with Gasteiger partial charge in [-0.3, -0.25) is 0 Å². The summed E-state index contributed by atoms with van der Waals surface area (Å²) in [7, 11) is 0. The predicted octanol–water partition coefficient (Wildman–Crippen LogP) is 3.00. The molecule has 0 radical (unpaired) electrons. The van der Waals surface area contributed by atoms with E-state index in [9.17, 15) is 9.50 Å². The van der Waals surface area contributed by atoms with Gasteiger partial charge >= 0.3 is 0 Å². The Morgan fingerprint density at radius 2 is 2.07 bits per heavy atom. The van der Waals surface area contributed by atoms with Crippen molar-refractivity contribution in [2.75, 3.05) is 6.61 Å². The zero-order valence-corrected chi connectivity index (χ0v) is 9.35. The van der Waals surface area contributed by atoms with E-state index < -0.39 is 0 Å². The highest BCUT2D eigenvalue weighted by Crippen LogP contribution is 2.44. The molecule has 1 N–H and O–H groups in total. The van der Waals surface area contributed by atoms with Crippen molar-refractivity contribution in [1.82, 2.24) is 0 Å². The monoisotopic (exact) mass is 258 g/mol. The van der Waals surface area contributed by atoms with Gasteiger partial charge in [0, 0.05) is 9.89 Å². The van der Waals surface area contributed by atoms with Crippen molar-refractivity contribution >= 4 is 15.9 Å². The van der Waals surface area contributed by atoms with Gasteiger partial charge in [-0.15, -0.1) is 0 Å². The van der Waals surface area contributed by atoms with E-state index in [1.165, 1.54) is 12.1 Å². The Morgan fingerprint density at radius 1 is 1.36 bits per heavy atom.